The Labute approximate surface area is 36.5 Å². The Hall–Kier alpha value is 0.869. The zero-order valence-corrected chi connectivity index (χ0v) is 4.76. The first-order valence-electron chi connectivity index (χ1n) is 1.15. The van der Waals surface area contributed by atoms with Crippen LogP contribution >= 0.6 is 11.8 Å². The Morgan fingerprint density at radius 1 is 1.50 bits per heavy atom. The third kappa shape index (κ3) is 0.423. The third-order valence-corrected chi connectivity index (χ3v) is 5.20. The summed E-state index contributed by atoms with van der Waals surface area (Å²) >= 11 is 3.12. The molecule has 24 valence electrons. The van der Waals surface area contributed by atoms with E-state index in [1.807, 2.05) is 0 Å². The molecule has 0 N–H and O–H groups in total. The molecule has 0 atom stereocenters. The Balaban J connectivity index is 2.00. The summed E-state index contributed by atoms with van der Waals surface area (Å²) in [4.78, 5) is 0. The molecule has 0 aromatic carbocycles. The van der Waals surface area contributed by atoms with E-state index in [1.165, 1.54) is 9.30 Å². The zero-order chi connectivity index (χ0) is 2.83. The van der Waals surface area contributed by atoms with Gasteiger partial charge in [-0.25, -0.2) is 0 Å². The molecule has 0 aromatic rings. The fourth-order valence-electron chi connectivity index (χ4n) is 0.0833. The van der Waals surface area contributed by atoms with E-state index in [0.717, 1.165) is 15.0 Å². The van der Waals surface area contributed by atoms with E-state index >= 15 is 0 Å². The van der Waals surface area contributed by atoms with Gasteiger partial charge in [-0.2, -0.15) is 0 Å². The van der Waals surface area contributed by atoms with Crippen molar-refractivity contribution in [3.05, 3.63) is 0 Å². The van der Waals surface area contributed by atoms with E-state index in [1.54, 1.807) is 0 Å². The monoisotopic (exact) mass is 140 g/mol. The van der Waals surface area contributed by atoms with Crippen LogP contribution in [0.5, 0.6) is 0 Å². The first-order chi connectivity index (χ1) is 2.00. The van der Waals surface area contributed by atoms with Crippen molar-refractivity contribution in [2.75, 3.05) is 9.30 Å². The minimum atomic E-state index is 1.06. The van der Waals surface area contributed by atoms with Crippen LogP contribution in [0.15, 0.2) is 0 Å². The second-order valence-electron chi connectivity index (χ2n) is 0.644. The van der Waals surface area contributed by atoms with Crippen LogP contribution < -0.4 is 0 Å². The summed E-state index contributed by atoms with van der Waals surface area (Å²) in [5.74, 6) is 0. The zero-order valence-electron chi connectivity index (χ0n) is 2.23. The molecule has 0 saturated carbocycles. The van der Waals surface area contributed by atoms with E-state index in [2.05, 4.69) is 11.8 Å². The summed E-state index contributed by atoms with van der Waals surface area (Å²) in [5.41, 5.74) is 0. The first kappa shape index (κ1) is 3.07. The summed E-state index contributed by atoms with van der Waals surface area (Å²) in [7, 11) is 0. The molecule has 0 aliphatic carbocycles. The van der Waals surface area contributed by atoms with Crippen LogP contribution in [0.3, 0.4) is 0 Å². The van der Waals surface area contributed by atoms with Gasteiger partial charge in [0.05, 0.1) is 0 Å². The third-order valence-electron chi connectivity index (χ3n) is 0.333. The molecule has 1 rings (SSSR count). The van der Waals surface area contributed by atoms with E-state index < -0.39 is 0 Å². The molecule has 0 spiro atoms. The maximum atomic E-state index is 2.06. The summed E-state index contributed by atoms with van der Waals surface area (Å²) in [5, 5.41) is 0. The molecular formula is C2H4SSe. The Kier molecular flexibility index (Phi) is 1.03. The first-order valence-corrected chi connectivity index (χ1v) is 4.73. The van der Waals surface area contributed by atoms with Gasteiger partial charge in [0.1, 0.15) is 0 Å². The van der Waals surface area contributed by atoms with Crippen molar-refractivity contribution in [1.82, 2.24) is 0 Å². The van der Waals surface area contributed by atoms with Crippen molar-refractivity contribution in [2.45, 2.75) is 0 Å². The van der Waals surface area contributed by atoms with Crippen LogP contribution in [-0.4, -0.2) is 24.3 Å². The van der Waals surface area contributed by atoms with Gasteiger partial charge < -0.3 is 0 Å². The summed E-state index contributed by atoms with van der Waals surface area (Å²) in [6, 6.07) is 0. The summed E-state index contributed by atoms with van der Waals surface area (Å²) in [6.07, 6.45) is 0. The van der Waals surface area contributed by atoms with Crippen molar-refractivity contribution >= 4 is 26.7 Å². The quantitative estimate of drug-likeness (QED) is 0.436. The molecule has 1 saturated heterocycles. The van der Waals surface area contributed by atoms with Crippen LogP contribution in [0, 0.1) is 0 Å². The molecular weight excluding hydrogens is 135 g/mol. The molecule has 4 heavy (non-hydrogen) atoms. The topological polar surface area (TPSA) is 0 Å². The standard InChI is InChI=1S/C2H4SSe/c1-3-2-4-1/h1-2H2. The molecule has 0 unspecified atom stereocenters. The Bertz CT molecular complexity index is 14.0. The molecule has 0 radical (unpaired) electrons. The fraction of sp³-hybridized carbons (Fsp3) is 1.00. The number of rotatable bonds is 0. The van der Waals surface area contributed by atoms with Crippen LogP contribution in [0.1, 0.15) is 0 Å². The van der Waals surface area contributed by atoms with Gasteiger partial charge in [-0.1, -0.05) is 0 Å². The number of hydrogen-bond acceptors (Lipinski definition) is 1. The molecule has 2 heteroatoms. The van der Waals surface area contributed by atoms with Crippen LogP contribution in [0.4, 0.5) is 0 Å². The molecule has 0 bridgehead atoms. The van der Waals surface area contributed by atoms with Gasteiger partial charge in [-0.05, 0) is 0 Å². The molecule has 1 aliphatic heterocycles. The molecule has 0 aromatic heterocycles. The number of thioether (sulfide) groups is 1. The van der Waals surface area contributed by atoms with E-state index in [-0.39, 0.29) is 0 Å². The van der Waals surface area contributed by atoms with Gasteiger partial charge in [-0.15, -0.1) is 0 Å². The van der Waals surface area contributed by atoms with Crippen LogP contribution in [0.2, 0.25) is 0 Å². The normalized spacial score (nSPS) is 24.0. The summed E-state index contributed by atoms with van der Waals surface area (Å²) in [6.45, 7) is 0. The van der Waals surface area contributed by atoms with Crippen LogP contribution in [-0.2, 0) is 0 Å². The van der Waals surface area contributed by atoms with E-state index in [4.69, 9.17) is 0 Å². The van der Waals surface area contributed by atoms with Crippen molar-refractivity contribution < 1.29 is 0 Å². The van der Waals surface area contributed by atoms with Gasteiger partial charge >= 0.3 is 36.0 Å². The average molecular weight is 139 g/mol. The average Bonchev–Trinajstić information content (AvgIpc) is 0.722. The Morgan fingerprint density at radius 3 is 1.75 bits per heavy atom. The van der Waals surface area contributed by atoms with E-state index in [9.17, 15) is 0 Å². The molecule has 0 nitrogen and oxygen atoms in total. The maximum absolute atomic E-state index is 2.06. The predicted molar refractivity (Wildman–Crippen MR) is 23.1 cm³/mol. The van der Waals surface area contributed by atoms with E-state index in [0.29, 0.717) is 0 Å². The summed E-state index contributed by atoms with van der Waals surface area (Å²) < 4.78 is 2.96. The van der Waals surface area contributed by atoms with Crippen LogP contribution in [0.25, 0.3) is 0 Å². The molecule has 0 amide bonds. The predicted octanol–water partition coefficient (Wildman–Crippen LogP) is 0.352. The van der Waals surface area contributed by atoms with Gasteiger partial charge in [0.25, 0.3) is 0 Å². The second kappa shape index (κ2) is 1.34. The second-order valence-corrected chi connectivity index (χ2v) is 5.35. The molecule has 1 fully saturated rings. The Morgan fingerprint density at radius 2 is 1.75 bits per heavy atom. The SMILES string of the molecule is C1SC[Se]1. The van der Waals surface area contributed by atoms with Gasteiger partial charge in [0, 0.05) is 0 Å². The van der Waals surface area contributed by atoms with Crippen molar-refractivity contribution in [3.63, 3.8) is 0 Å². The number of hydrogen-bond donors (Lipinski definition) is 0. The van der Waals surface area contributed by atoms with Crippen molar-refractivity contribution in [2.24, 2.45) is 0 Å². The van der Waals surface area contributed by atoms with Gasteiger partial charge in [-0.3, -0.25) is 0 Å². The molecule has 1 heterocycles. The molecule has 1 aliphatic rings. The van der Waals surface area contributed by atoms with Gasteiger partial charge in [0.15, 0.2) is 0 Å². The van der Waals surface area contributed by atoms with Crippen molar-refractivity contribution in [1.29, 1.82) is 0 Å². The van der Waals surface area contributed by atoms with Gasteiger partial charge in [0.2, 0.25) is 0 Å². The minimum absolute atomic E-state index is 1.06. The fourth-order valence-corrected chi connectivity index (χ4v) is 1.30. The van der Waals surface area contributed by atoms with Crippen molar-refractivity contribution in [3.8, 4) is 0 Å².